The van der Waals surface area contributed by atoms with Crippen molar-refractivity contribution >= 4 is 5.91 Å². The van der Waals surface area contributed by atoms with Gasteiger partial charge in [-0.05, 0) is 30.0 Å². The van der Waals surface area contributed by atoms with Gasteiger partial charge in [0.15, 0.2) is 0 Å². The quantitative estimate of drug-likeness (QED) is 0.908. The molecule has 1 saturated heterocycles. The average molecular weight is 338 g/mol. The number of amides is 1. The van der Waals surface area contributed by atoms with Crippen LogP contribution >= 0.6 is 0 Å². The maximum absolute atomic E-state index is 11.2. The summed E-state index contributed by atoms with van der Waals surface area (Å²) in [5.41, 5.74) is 3.58. The van der Waals surface area contributed by atoms with E-state index >= 15 is 0 Å². The number of carbonyl (C=O) groups excluding carboxylic acids is 1. The van der Waals surface area contributed by atoms with Crippen LogP contribution in [0.1, 0.15) is 25.3 Å². The lowest BCUT2D eigenvalue weighted by atomic mass is 10.0. The molecule has 2 aromatic carbocycles. The second-order valence-corrected chi connectivity index (χ2v) is 6.64. The van der Waals surface area contributed by atoms with E-state index in [1.54, 1.807) is 14.0 Å². The van der Waals surface area contributed by atoms with Crippen LogP contribution in [0.3, 0.4) is 0 Å². The third-order valence-corrected chi connectivity index (χ3v) is 4.78. The fraction of sp³-hybridized carbons (Fsp3) is 0.381. The van der Waals surface area contributed by atoms with Gasteiger partial charge in [0.05, 0.1) is 7.11 Å². The molecule has 132 valence electrons. The number of hydrogen-bond donors (Lipinski definition) is 1. The molecule has 4 nitrogen and oxygen atoms in total. The molecule has 0 aromatic heterocycles. The second kappa shape index (κ2) is 8.17. The summed E-state index contributed by atoms with van der Waals surface area (Å²) in [4.78, 5) is 13.6. The molecule has 0 atom stereocenters. The summed E-state index contributed by atoms with van der Waals surface area (Å²) in [5.74, 6) is 1.00. The topological polar surface area (TPSA) is 41.6 Å². The van der Waals surface area contributed by atoms with Crippen LogP contribution < -0.4 is 10.1 Å². The molecule has 1 heterocycles. The van der Waals surface area contributed by atoms with E-state index < -0.39 is 0 Å². The normalized spacial score (nSPS) is 15.8. The molecular formula is C21H26N2O2. The van der Waals surface area contributed by atoms with Gasteiger partial charge in [0, 0.05) is 38.2 Å². The van der Waals surface area contributed by atoms with Crippen LogP contribution in [0.15, 0.2) is 48.5 Å². The summed E-state index contributed by atoms with van der Waals surface area (Å²) in [6.07, 6.45) is 2.01. The SMILES string of the molecule is COc1cc(-c2ccccc2)ccc1CN1CCC(NC(C)=O)CC1. The maximum Gasteiger partial charge on any atom is 0.217 e. The first-order valence-electron chi connectivity index (χ1n) is 8.87. The third kappa shape index (κ3) is 4.60. The van der Waals surface area contributed by atoms with E-state index in [9.17, 15) is 4.79 Å². The van der Waals surface area contributed by atoms with Crippen LogP contribution in [0, 0.1) is 0 Å². The molecule has 0 bridgehead atoms. The molecule has 0 unspecified atom stereocenters. The zero-order chi connectivity index (χ0) is 17.6. The number of ether oxygens (including phenoxy) is 1. The summed E-state index contributed by atoms with van der Waals surface area (Å²) in [6, 6.07) is 17.1. The second-order valence-electron chi connectivity index (χ2n) is 6.64. The largest absolute Gasteiger partial charge is 0.496 e. The number of piperidine rings is 1. The summed E-state index contributed by atoms with van der Waals surface area (Å²) < 4.78 is 5.64. The minimum absolute atomic E-state index is 0.0663. The zero-order valence-corrected chi connectivity index (χ0v) is 15.0. The standard InChI is InChI=1S/C21H26N2O2/c1-16(24)22-20-10-12-23(13-11-20)15-19-9-8-18(14-21(19)25-2)17-6-4-3-5-7-17/h3-9,14,20H,10-13,15H2,1-2H3,(H,22,24). The van der Waals surface area contributed by atoms with Crippen LogP contribution in [0.2, 0.25) is 0 Å². The van der Waals surface area contributed by atoms with E-state index in [4.69, 9.17) is 4.74 Å². The van der Waals surface area contributed by atoms with Crippen LogP contribution in [0.4, 0.5) is 0 Å². The molecule has 1 fully saturated rings. The third-order valence-electron chi connectivity index (χ3n) is 4.78. The summed E-state index contributed by atoms with van der Waals surface area (Å²) in [7, 11) is 1.73. The van der Waals surface area contributed by atoms with E-state index in [2.05, 4.69) is 52.7 Å². The van der Waals surface area contributed by atoms with Crippen LogP contribution in [-0.4, -0.2) is 37.0 Å². The van der Waals surface area contributed by atoms with Crippen LogP contribution in [0.5, 0.6) is 5.75 Å². The van der Waals surface area contributed by atoms with Crippen molar-refractivity contribution in [1.29, 1.82) is 0 Å². The fourth-order valence-corrected chi connectivity index (χ4v) is 3.45. The molecule has 0 spiro atoms. The number of carbonyl (C=O) groups is 1. The van der Waals surface area contributed by atoms with Gasteiger partial charge in [-0.15, -0.1) is 0 Å². The number of benzene rings is 2. The first-order chi connectivity index (χ1) is 12.2. The van der Waals surface area contributed by atoms with Crippen molar-refractivity contribution in [3.63, 3.8) is 0 Å². The molecule has 4 heteroatoms. The molecule has 1 aliphatic heterocycles. The highest BCUT2D eigenvalue weighted by Gasteiger charge is 2.20. The first-order valence-corrected chi connectivity index (χ1v) is 8.87. The van der Waals surface area contributed by atoms with Gasteiger partial charge in [0.1, 0.15) is 5.75 Å². The Balaban J connectivity index is 1.66. The minimum atomic E-state index is 0.0663. The molecule has 3 rings (SSSR count). The van der Waals surface area contributed by atoms with Gasteiger partial charge in [0.2, 0.25) is 5.91 Å². The summed E-state index contributed by atoms with van der Waals surface area (Å²) in [5, 5.41) is 3.02. The highest BCUT2D eigenvalue weighted by Crippen LogP contribution is 2.28. The number of rotatable bonds is 5. The number of nitrogens with one attached hydrogen (secondary N) is 1. The van der Waals surface area contributed by atoms with E-state index in [0.717, 1.165) is 38.2 Å². The monoisotopic (exact) mass is 338 g/mol. The molecule has 0 aliphatic carbocycles. The lowest BCUT2D eigenvalue weighted by molar-refractivity contribution is -0.119. The Morgan fingerprint density at radius 1 is 1.12 bits per heavy atom. The Hall–Kier alpha value is -2.33. The highest BCUT2D eigenvalue weighted by molar-refractivity contribution is 5.73. The van der Waals surface area contributed by atoms with Crippen molar-refractivity contribution in [1.82, 2.24) is 10.2 Å². The van der Waals surface area contributed by atoms with E-state index in [-0.39, 0.29) is 5.91 Å². The van der Waals surface area contributed by atoms with Gasteiger partial charge in [-0.25, -0.2) is 0 Å². The molecule has 1 N–H and O–H groups in total. The Morgan fingerprint density at radius 2 is 1.84 bits per heavy atom. The fourth-order valence-electron chi connectivity index (χ4n) is 3.45. The Morgan fingerprint density at radius 3 is 2.48 bits per heavy atom. The highest BCUT2D eigenvalue weighted by atomic mass is 16.5. The van der Waals surface area contributed by atoms with Crippen LogP contribution in [0.25, 0.3) is 11.1 Å². The van der Waals surface area contributed by atoms with Gasteiger partial charge in [-0.1, -0.05) is 42.5 Å². The van der Waals surface area contributed by atoms with Crippen molar-refractivity contribution in [2.45, 2.75) is 32.4 Å². The minimum Gasteiger partial charge on any atom is -0.496 e. The molecule has 1 amide bonds. The van der Waals surface area contributed by atoms with Gasteiger partial charge in [-0.3, -0.25) is 9.69 Å². The molecule has 0 saturated carbocycles. The van der Waals surface area contributed by atoms with E-state index in [0.29, 0.717) is 6.04 Å². The van der Waals surface area contributed by atoms with Crippen molar-refractivity contribution in [2.75, 3.05) is 20.2 Å². The molecule has 2 aromatic rings. The van der Waals surface area contributed by atoms with Crippen LogP contribution in [-0.2, 0) is 11.3 Å². The lowest BCUT2D eigenvalue weighted by Gasteiger charge is -2.32. The average Bonchev–Trinajstić information content (AvgIpc) is 2.64. The maximum atomic E-state index is 11.2. The van der Waals surface area contributed by atoms with Crippen molar-refractivity contribution in [3.8, 4) is 16.9 Å². The number of nitrogens with zero attached hydrogens (tertiary/aromatic N) is 1. The van der Waals surface area contributed by atoms with E-state index in [1.165, 1.54) is 16.7 Å². The smallest absolute Gasteiger partial charge is 0.217 e. The van der Waals surface area contributed by atoms with Gasteiger partial charge in [-0.2, -0.15) is 0 Å². The van der Waals surface area contributed by atoms with Crippen molar-refractivity contribution < 1.29 is 9.53 Å². The Kier molecular flexibility index (Phi) is 5.71. The number of hydrogen-bond acceptors (Lipinski definition) is 3. The first kappa shape index (κ1) is 17.5. The predicted molar refractivity (Wildman–Crippen MR) is 101 cm³/mol. The Labute approximate surface area is 149 Å². The molecule has 1 aliphatic rings. The van der Waals surface area contributed by atoms with Gasteiger partial charge in [0.25, 0.3) is 0 Å². The molecule has 0 radical (unpaired) electrons. The van der Waals surface area contributed by atoms with Gasteiger partial charge >= 0.3 is 0 Å². The van der Waals surface area contributed by atoms with Crippen molar-refractivity contribution in [2.24, 2.45) is 0 Å². The zero-order valence-electron chi connectivity index (χ0n) is 15.0. The Bertz CT molecular complexity index is 707. The molecule has 25 heavy (non-hydrogen) atoms. The van der Waals surface area contributed by atoms with Gasteiger partial charge < -0.3 is 10.1 Å². The summed E-state index contributed by atoms with van der Waals surface area (Å²) >= 11 is 0. The number of likely N-dealkylation sites (tertiary alicyclic amines) is 1. The molecular weight excluding hydrogens is 312 g/mol. The summed E-state index contributed by atoms with van der Waals surface area (Å²) in [6.45, 7) is 4.46. The lowest BCUT2D eigenvalue weighted by Crippen LogP contribution is -2.43. The van der Waals surface area contributed by atoms with Crippen molar-refractivity contribution in [3.05, 3.63) is 54.1 Å². The number of methoxy groups -OCH3 is 1. The predicted octanol–water partition coefficient (Wildman–Crippen LogP) is 3.46. The van der Waals surface area contributed by atoms with E-state index in [1.807, 2.05) is 6.07 Å².